The lowest BCUT2D eigenvalue weighted by Gasteiger charge is -2.40. The van der Waals surface area contributed by atoms with Gasteiger partial charge < -0.3 is 24.2 Å². The third kappa shape index (κ3) is 7.11. The minimum atomic E-state index is 0.0729. The number of piperazine rings is 2. The predicted molar refractivity (Wildman–Crippen MR) is 155 cm³/mol. The minimum absolute atomic E-state index is 0.0729. The fourth-order valence-corrected chi connectivity index (χ4v) is 6.27. The summed E-state index contributed by atoms with van der Waals surface area (Å²) >= 11 is 7.66. The quantitative estimate of drug-likeness (QED) is 0.261. The number of anilines is 1. The van der Waals surface area contributed by atoms with Gasteiger partial charge in [-0.15, -0.1) is 0 Å². The van der Waals surface area contributed by atoms with Crippen molar-refractivity contribution < 1.29 is 19.1 Å². The first kappa shape index (κ1) is 28.8. The smallest absolute Gasteiger partial charge is 0.233 e. The van der Waals surface area contributed by atoms with Gasteiger partial charge in [0.1, 0.15) is 11.0 Å². The van der Waals surface area contributed by atoms with Crippen LogP contribution in [0.4, 0.5) is 5.82 Å². The molecule has 2 saturated heterocycles. The summed E-state index contributed by atoms with van der Waals surface area (Å²) in [5, 5.41) is 0.839. The molecule has 0 bridgehead atoms. The number of amides is 2. The van der Waals surface area contributed by atoms with E-state index < -0.39 is 0 Å². The fraction of sp³-hybridized carbons (Fsp3) is 0.571. The molecular weight excluding hydrogens is 552 g/mol. The minimum Gasteiger partial charge on any atom is -0.454 e. The zero-order valence-electron chi connectivity index (χ0n) is 23.3. The van der Waals surface area contributed by atoms with E-state index in [1.165, 1.54) is 17.3 Å². The lowest BCUT2D eigenvalue weighted by atomic mass is 10.1. The summed E-state index contributed by atoms with van der Waals surface area (Å²) in [4.78, 5) is 43.0. The van der Waals surface area contributed by atoms with Crippen LogP contribution in [0, 0.1) is 5.92 Å². The summed E-state index contributed by atoms with van der Waals surface area (Å²) in [6.45, 7) is 12.3. The number of rotatable bonds is 8. The first-order valence-corrected chi connectivity index (χ1v) is 15.2. The fourth-order valence-electron chi connectivity index (χ4n) is 5.29. The van der Waals surface area contributed by atoms with Crippen LogP contribution in [-0.2, 0) is 16.1 Å². The van der Waals surface area contributed by atoms with E-state index in [0.29, 0.717) is 55.4 Å². The maximum absolute atomic E-state index is 13.0. The van der Waals surface area contributed by atoms with Gasteiger partial charge in [-0.3, -0.25) is 14.5 Å². The highest BCUT2D eigenvalue weighted by Crippen LogP contribution is 2.33. The summed E-state index contributed by atoms with van der Waals surface area (Å²) in [5.74, 6) is 3.19. The number of halogens is 1. The highest BCUT2D eigenvalue weighted by Gasteiger charge is 2.29. The summed E-state index contributed by atoms with van der Waals surface area (Å²) in [7, 11) is 0. The molecule has 2 aromatic rings. The van der Waals surface area contributed by atoms with Gasteiger partial charge in [-0.05, 0) is 30.5 Å². The molecule has 3 aliphatic heterocycles. The van der Waals surface area contributed by atoms with Crippen molar-refractivity contribution in [2.45, 2.75) is 44.9 Å². The van der Waals surface area contributed by atoms with Crippen molar-refractivity contribution in [3.05, 3.63) is 35.0 Å². The monoisotopic (exact) mass is 588 g/mol. The molecule has 1 atom stereocenters. The molecule has 2 amide bonds. The lowest BCUT2D eigenvalue weighted by Crippen LogP contribution is -2.54. The molecule has 216 valence electrons. The van der Waals surface area contributed by atoms with Crippen LogP contribution in [0.1, 0.15) is 32.8 Å². The average molecular weight is 589 g/mol. The van der Waals surface area contributed by atoms with Gasteiger partial charge in [-0.25, -0.2) is 9.97 Å². The highest BCUT2D eigenvalue weighted by atomic mass is 35.5. The Labute approximate surface area is 244 Å². The number of thioether (sulfide) groups is 1. The van der Waals surface area contributed by atoms with Gasteiger partial charge >= 0.3 is 0 Å². The van der Waals surface area contributed by atoms with E-state index >= 15 is 0 Å². The Kier molecular flexibility index (Phi) is 9.22. The van der Waals surface area contributed by atoms with Crippen LogP contribution in [0.2, 0.25) is 5.15 Å². The zero-order chi connectivity index (χ0) is 28.2. The SMILES string of the molecule is CC(C)CC(=O)N1CCN(c2cc(Cl)nc(SCC(=O)N3CCN(Cc4ccc5c(c4)OCO5)CC3)n2)CC1C. The van der Waals surface area contributed by atoms with Gasteiger partial charge in [0.15, 0.2) is 16.7 Å². The molecular formula is C28H37ClN6O4S. The number of hydrogen-bond acceptors (Lipinski definition) is 9. The van der Waals surface area contributed by atoms with E-state index in [0.717, 1.165) is 37.0 Å². The van der Waals surface area contributed by atoms with Crippen LogP contribution in [0.25, 0.3) is 0 Å². The predicted octanol–water partition coefficient (Wildman–Crippen LogP) is 3.38. The van der Waals surface area contributed by atoms with Gasteiger partial charge in [0.05, 0.1) is 5.75 Å². The molecule has 40 heavy (non-hydrogen) atoms. The average Bonchev–Trinajstić information content (AvgIpc) is 3.39. The molecule has 5 rings (SSSR count). The molecule has 2 fully saturated rings. The summed E-state index contributed by atoms with van der Waals surface area (Å²) < 4.78 is 10.9. The Balaban J connectivity index is 1.10. The molecule has 0 aliphatic carbocycles. The second-order valence-corrected chi connectivity index (χ2v) is 12.3. The zero-order valence-corrected chi connectivity index (χ0v) is 24.9. The number of fused-ring (bicyclic) bond motifs is 1. The Morgan fingerprint density at radius 2 is 1.80 bits per heavy atom. The van der Waals surface area contributed by atoms with Gasteiger partial charge in [0.2, 0.25) is 18.6 Å². The van der Waals surface area contributed by atoms with E-state index in [4.69, 9.17) is 26.1 Å². The maximum Gasteiger partial charge on any atom is 0.233 e. The van der Waals surface area contributed by atoms with Crippen molar-refractivity contribution >= 4 is 41.0 Å². The van der Waals surface area contributed by atoms with Crippen LogP contribution < -0.4 is 14.4 Å². The van der Waals surface area contributed by atoms with E-state index in [2.05, 4.69) is 41.6 Å². The van der Waals surface area contributed by atoms with Gasteiger partial charge in [0.25, 0.3) is 0 Å². The molecule has 0 radical (unpaired) electrons. The number of aromatic nitrogens is 2. The number of carbonyl (C=O) groups excluding carboxylic acids is 2. The van der Waals surface area contributed by atoms with Gasteiger partial charge in [0, 0.05) is 70.9 Å². The molecule has 10 nitrogen and oxygen atoms in total. The number of nitrogens with zero attached hydrogens (tertiary/aromatic N) is 6. The second kappa shape index (κ2) is 12.8. The lowest BCUT2D eigenvalue weighted by molar-refractivity contribution is -0.134. The van der Waals surface area contributed by atoms with Crippen LogP contribution in [0.15, 0.2) is 29.4 Å². The Bertz CT molecular complexity index is 1230. The Hall–Kier alpha value is -2.76. The largest absolute Gasteiger partial charge is 0.454 e. The van der Waals surface area contributed by atoms with E-state index in [9.17, 15) is 9.59 Å². The van der Waals surface area contributed by atoms with Crippen molar-refractivity contribution in [2.75, 3.05) is 63.3 Å². The van der Waals surface area contributed by atoms with Gasteiger partial charge in [-0.2, -0.15) is 0 Å². The van der Waals surface area contributed by atoms with Crippen LogP contribution in [0.3, 0.4) is 0 Å². The first-order chi connectivity index (χ1) is 19.2. The van der Waals surface area contributed by atoms with Crippen LogP contribution in [-0.4, -0.2) is 101 Å². The number of ether oxygens (including phenoxy) is 2. The number of benzene rings is 1. The van der Waals surface area contributed by atoms with E-state index in [-0.39, 0.29) is 30.4 Å². The summed E-state index contributed by atoms with van der Waals surface area (Å²) in [6, 6.07) is 7.88. The normalized spacial score (nSPS) is 19.4. The summed E-state index contributed by atoms with van der Waals surface area (Å²) in [5.41, 5.74) is 1.17. The first-order valence-electron chi connectivity index (χ1n) is 13.9. The molecule has 12 heteroatoms. The third-order valence-electron chi connectivity index (χ3n) is 7.41. The molecule has 1 aromatic heterocycles. The Morgan fingerprint density at radius 1 is 1.02 bits per heavy atom. The molecule has 0 saturated carbocycles. The number of carbonyl (C=O) groups is 2. The molecule has 4 heterocycles. The molecule has 1 unspecified atom stereocenters. The standard InChI is InChI=1S/C28H37ClN6O4S/c1-19(2)12-26(36)35-11-10-34(15-20(35)3)25-14-24(29)30-28(31-25)40-17-27(37)33-8-6-32(7-9-33)16-21-4-5-22-23(13-21)39-18-38-22/h4-5,13-14,19-20H,6-12,15-18H2,1-3H3. The Morgan fingerprint density at radius 3 is 2.55 bits per heavy atom. The topological polar surface area (TPSA) is 91.3 Å². The maximum atomic E-state index is 13.0. The molecule has 1 aromatic carbocycles. The highest BCUT2D eigenvalue weighted by molar-refractivity contribution is 7.99. The molecule has 3 aliphatic rings. The number of hydrogen-bond donors (Lipinski definition) is 0. The van der Waals surface area contributed by atoms with Crippen molar-refractivity contribution in [3.63, 3.8) is 0 Å². The van der Waals surface area contributed by atoms with Crippen molar-refractivity contribution in [1.82, 2.24) is 24.7 Å². The van der Waals surface area contributed by atoms with Crippen molar-refractivity contribution in [2.24, 2.45) is 5.92 Å². The van der Waals surface area contributed by atoms with Gasteiger partial charge in [-0.1, -0.05) is 43.3 Å². The second-order valence-electron chi connectivity index (χ2n) is 10.9. The van der Waals surface area contributed by atoms with Crippen LogP contribution >= 0.6 is 23.4 Å². The summed E-state index contributed by atoms with van der Waals surface area (Å²) in [6.07, 6.45) is 0.563. The van der Waals surface area contributed by atoms with Crippen molar-refractivity contribution in [1.29, 1.82) is 0 Å². The van der Waals surface area contributed by atoms with E-state index in [1.54, 1.807) is 6.07 Å². The van der Waals surface area contributed by atoms with E-state index in [1.807, 2.05) is 21.9 Å². The molecule has 0 N–H and O–H groups in total. The van der Waals surface area contributed by atoms with Crippen molar-refractivity contribution in [3.8, 4) is 11.5 Å². The third-order valence-corrected chi connectivity index (χ3v) is 8.43. The van der Waals surface area contributed by atoms with Crippen LogP contribution in [0.5, 0.6) is 11.5 Å². The molecule has 0 spiro atoms.